The quantitative estimate of drug-likeness (QED) is 0.502. The Bertz CT molecular complexity index is 1230. The first-order valence-corrected chi connectivity index (χ1v) is 8.98. The average Bonchev–Trinajstić information content (AvgIpc) is 3.04. The van der Waals surface area contributed by atoms with Crippen molar-refractivity contribution in [3.05, 3.63) is 74.3 Å². The predicted octanol–water partition coefficient (Wildman–Crippen LogP) is 2.88. The Labute approximate surface area is 169 Å². The van der Waals surface area contributed by atoms with Crippen LogP contribution in [0.2, 0.25) is 0 Å². The van der Waals surface area contributed by atoms with Crippen LogP contribution in [-0.4, -0.2) is 34.8 Å². The molecule has 1 atom stereocenters. The lowest BCUT2D eigenvalue weighted by molar-refractivity contribution is 0.0447. The fourth-order valence-electron chi connectivity index (χ4n) is 3.41. The molecule has 1 aliphatic heterocycles. The van der Waals surface area contributed by atoms with Gasteiger partial charge in [0.15, 0.2) is 22.4 Å². The van der Waals surface area contributed by atoms with Crippen molar-refractivity contribution >= 4 is 18.2 Å². The number of aromatic amines is 1. The van der Waals surface area contributed by atoms with Gasteiger partial charge in [-0.05, 0) is 30.4 Å². The molecule has 0 spiro atoms. The second kappa shape index (κ2) is 7.10. The molecule has 0 aliphatic carbocycles. The second-order valence-electron chi connectivity index (χ2n) is 6.22. The first-order chi connectivity index (χ1) is 14.0. The summed E-state index contributed by atoms with van der Waals surface area (Å²) < 4.78 is 17.3. The SMILES string of the molecule is COc1ccc2c(c1OC)C(=O)OC2c1c(O)n(-c2ccccc2)c(=S)[nH]c1=O. The third kappa shape index (κ3) is 2.87. The molecule has 1 aliphatic rings. The molecule has 3 aromatic rings. The van der Waals surface area contributed by atoms with Gasteiger partial charge in [-0.1, -0.05) is 24.3 Å². The zero-order valence-corrected chi connectivity index (χ0v) is 16.3. The Morgan fingerprint density at radius 1 is 1.10 bits per heavy atom. The van der Waals surface area contributed by atoms with Crippen molar-refractivity contribution in [2.24, 2.45) is 0 Å². The van der Waals surface area contributed by atoms with E-state index in [-0.39, 0.29) is 21.6 Å². The number of cyclic esters (lactones) is 1. The number of hydrogen-bond donors (Lipinski definition) is 2. The Kier molecular flexibility index (Phi) is 4.59. The van der Waals surface area contributed by atoms with E-state index in [4.69, 9.17) is 26.4 Å². The van der Waals surface area contributed by atoms with Crippen LogP contribution in [-0.2, 0) is 4.74 Å². The lowest BCUT2D eigenvalue weighted by atomic mass is 9.99. The van der Waals surface area contributed by atoms with Gasteiger partial charge in [0.05, 0.1) is 19.9 Å². The minimum atomic E-state index is -1.13. The van der Waals surface area contributed by atoms with Gasteiger partial charge in [0.1, 0.15) is 11.1 Å². The lowest BCUT2D eigenvalue weighted by Crippen LogP contribution is -2.21. The van der Waals surface area contributed by atoms with Crippen molar-refractivity contribution in [2.45, 2.75) is 6.10 Å². The Balaban J connectivity index is 1.96. The van der Waals surface area contributed by atoms with Crippen molar-refractivity contribution in [2.75, 3.05) is 14.2 Å². The molecule has 0 saturated carbocycles. The Hall–Kier alpha value is -3.59. The number of benzene rings is 2. The van der Waals surface area contributed by atoms with Crippen molar-refractivity contribution in [3.63, 3.8) is 0 Å². The molecule has 29 heavy (non-hydrogen) atoms. The molecule has 0 amide bonds. The van der Waals surface area contributed by atoms with Gasteiger partial charge in [-0.2, -0.15) is 0 Å². The molecule has 0 radical (unpaired) electrons. The summed E-state index contributed by atoms with van der Waals surface area (Å²) in [6, 6.07) is 12.0. The van der Waals surface area contributed by atoms with Crippen LogP contribution in [0.3, 0.4) is 0 Å². The molecule has 1 aromatic heterocycles. The molecule has 1 unspecified atom stereocenters. The van der Waals surface area contributed by atoms with Gasteiger partial charge in [-0.15, -0.1) is 0 Å². The van der Waals surface area contributed by atoms with Crippen molar-refractivity contribution in [1.29, 1.82) is 0 Å². The lowest BCUT2D eigenvalue weighted by Gasteiger charge is -2.17. The minimum absolute atomic E-state index is 0.0132. The average molecular weight is 412 g/mol. The summed E-state index contributed by atoms with van der Waals surface area (Å²) in [4.78, 5) is 27.8. The Morgan fingerprint density at radius 2 is 1.83 bits per heavy atom. The number of fused-ring (bicyclic) bond motifs is 1. The highest BCUT2D eigenvalue weighted by molar-refractivity contribution is 7.71. The zero-order valence-electron chi connectivity index (χ0n) is 15.5. The summed E-state index contributed by atoms with van der Waals surface area (Å²) in [6.45, 7) is 0. The van der Waals surface area contributed by atoms with E-state index in [1.165, 1.54) is 18.8 Å². The van der Waals surface area contributed by atoms with Gasteiger partial charge >= 0.3 is 5.97 Å². The van der Waals surface area contributed by atoms with Crippen molar-refractivity contribution in [1.82, 2.24) is 9.55 Å². The molecule has 2 aromatic carbocycles. The minimum Gasteiger partial charge on any atom is -0.494 e. The number of nitrogens with one attached hydrogen (secondary N) is 1. The number of H-pyrrole nitrogens is 1. The fraction of sp³-hybridized carbons (Fsp3) is 0.150. The topological polar surface area (TPSA) is 103 Å². The number of para-hydroxylation sites is 1. The van der Waals surface area contributed by atoms with Gasteiger partial charge in [0.2, 0.25) is 5.88 Å². The third-order valence-electron chi connectivity index (χ3n) is 4.69. The van der Waals surface area contributed by atoms with Crippen LogP contribution in [0.5, 0.6) is 17.4 Å². The molecule has 148 valence electrons. The zero-order chi connectivity index (χ0) is 20.7. The molecule has 2 heterocycles. The molecule has 0 saturated heterocycles. The van der Waals surface area contributed by atoms with Crippen LogP contribution in [0.15, 0.2) is 47.3 Å². The van der Waals surface area contributed by atoms with Crippen molar-refractivity contribution in [3.8, 4) is 23.1 Å². The number of carbonyl (C=O) groups excluding carboxylic acids is 1. The van der Waals surface area contributed by atoms with Crippen LogP contribution in [0.4, 0.5) is 0 Å². The van der Waals surface area contributed by atoms with Crippen LogP contribution in [0, 0.1) is 4.77 Å². The first-order valence-electron chi connectivity index (χ1n) is 8.57. The van der Waals surface area contributed by atoms with Gasteiger partial charge in [-0.3, -0.25) is 14.3 Å². The molecular formula is C20H16N2O6S. The number of aromatic nitrogens is 2. The number of carbonyl (C=O) groups is 1. The Morgan fingerprint density at radius 3 is 2.48 bits per heavy atom. The molecule has 0 bridgehead atoms. The van der Waals surface area contributed by atoms with Gasteiger partial charge in [0, 0.05) is 5.56 Å². The molecule has 9 heteroatoms. The van der Waals surface area contributed by atoms with E-state index in [0.29, 0.717) is 17.0 Å². The molecular weight excluding hydrogens is 396 g/mol. The highest BCUT2D eigenvalue weighted by Crippen LogP contribution is 2.45. The smallest absolute Gasteiger partial charge is 0.343 e. The predicted molar refractivity (Wildman–Crippen MR) is 106 cm³/mol. The van der Waals surface area contributed by atoms with Gasteiger partial charge < -0.3 is 19.3 Å². The van der Waals surface area contributed by atoms with Crippen LogP contribution >= 0.6 is 12.2 Å². The summed E-state index contributed by atoms with van der Waals surface area (Å²) >= 11 is 5.22. The number of nitrogens with zero attached hydrogens (tertiary/aromatic N) is 1. The summed E-state index contributed by atoms with van der Waals surface area (Å²) in [5.74, 6) is -0.551. The highest BCUT2D eigenvalue weighted by atomic mass is 32.1. The van der Waals surface area contributed by atoms with E-state index < -0.39 is 23.5 Å². The van der Waals surface area contributed by atoms with E-state index in [2.05, 4.69) is 4.98 Å². The molecule has 0 fully saturated rings. The van der Waals surface area contributed by atoms with Gasteiger partial charge in [0.25, 0.3) is 5.56 Å². The number of aromatic hydroxyl groups is 1. The van der Waals surface area contributed by atoms with Gasteiger partial charge in [-0.25, -0.2) is 4.79 Å². The number of ether oxygens (including phenoxy) is 3. The number of hydrogen-bond acceptors (Lipinski definition) is 7. The highest BCUT2D eigenvalue weighted by Gasteiger charge is 2.40. The normalized spacial score (nSPS) is 15.0. The molecule has 4 rings (SSSR count). The first kappa shape index (κ1) is 18.8. The van der Waals surface area contributed by atoms with E-state index in [1.807, 2.05) is 6.07 Å². The number of methoxy groups -OCH3 is 2. The number of esters is 1. The molecule has 2 N–H and O–H groups in total. The van der Waals surface area contributed by atoms with E-state index >= 15 is 0 Å². The molecule has 8 nitrogen and oxygen atoms in total. The van der Waals surface area contributed by atoms with Crippen LogP contribution < -0.4 is 15.0 Å². The van der Waals surface area contributed by atoms with Crippen LogP contribution in [0.1, 0.15) is 27.6 Å². The van der Waals surface area contributed by atoms with Crippen LogP contribution in [0.25, 0.3) is 5.69 Å². The maximum Gasteiger partial charge on any atom is 0.343 e. The maximum absolute atomic E-state index is 12.7. The van der Waals surface area contributed by atoms with E-state index in [9.17, 15) is 14.7 Å². The van der Waals surface area contributed by atoms with E-state index in [1.54, 1.807) is 36.4 Å². The van der Waals surface area contributed by atoms with E-state index in [0.717, 1.165) is 0 Å². The van der Waals surface area contributed by atoms with Crippen molar-refractivity contribution < 1.29 is 24.1 Å². The standard InChI is InChI=1S/C20H16N2O6S/c1-26-12-9-8-11-13(16(12)27-2)19(25)28-15(11)14-17(23)21-20(29)22(18(14)24)10-6-4-3-5-7-10/h3-9,15,24H,1-2H3,(H,21,23,29). The summed E-state index contributed by atoms with van der Waals surface area (Å²) in [7, 11) is 2.85. The largest absolute Gasteiger partial charge is 0.494 e. The summed E-state index contributed by atoms with van der Waals surface area (Å²) in [6.07, 6.45) is -1.13. The summed E-state index contributed by atoms with van der Waals surface area (Å²) in [5, 5.41) is 10.9. The second-order valence-corrected chi connectivity index (χ2v) is 6.60. The summed E-state index contributed by atoms with van der Waals surface area (Å²) in [5.41, 5.74) is 0.279. The third-order valence-corrected chi connectivity index (χ3v) is 4.97. The monoisotopic (exact) mass is 412 g/mol. The maximum atomic E-state index is 12.7. The fourth-order valence-corrected chi connectivity index (χ4v) is 3.69. The number of rotatable bonds is 4.